The van der Waals surface area contributed by atoms with Gasteiger partial charge in [-0.05, 0) is 31.3 Å². The normalized spacial score (nSPS) is 17.7. The van der Waals surface area contributed by atoms with Gasteiger partial charge in [0.25, 0.3) is 0 Å². The first-order chi connectivity index (χ1) is 9.13. The lowest BCUT2D eigenvalue weighted by Gasteiger charge is -2.29. The van der Waals surface area contributed by atoms with Gasteiger partial charge in [0, 0.05) is 15.7 Å². The van der Waals surface area contributed by atoms with Crippen molar-refractivity contribution in [2.45, 2.75) is 21.5 Å². The van der Waals surface area contributed by atoms with Gasteiger partial charge in [-0.25, -0.2) is 4.79 Å². The minimum atomic E-state index is -0.868. The summed E-state index contributed by atoms with van der Waals surface area (Å²) in [5, 5.41) is 9.72. The molecule has 1 atom stereocenters. The van der Waals surface area contributed by atoms with E-state index >= 15 is 0 Å². The number of hydrogen-bond acceptors (Lipinski definition) is 5. The second-order valence-corrected chi connectivity index (χ2v) is 6.77. The van der Waals surface area contributed by atoms with E-state index in [4.69, 9.17) is 4.74 Å². The van der Waals surface area contributed by atoms with Gasteiger partial charge >= 0.3 is 5.97 Å². The van der Waals surface area contributed by atoms with Crippen molar-refractivity contribution >= 4 is 41.3 Å². The molecule has 2 rings (SSSR count). The van der Waals surface area contributed by atoms with Crippen LogP contribution in [0.5, 0.6) is 5.75 Å². The van der Waals surface area contributed by atoms with Gasteiger partial charge in [0.15, 0.2) is 0 Å². The zero-order valence-corrected chi connectivity index (χ0v) is 13.5. The maximum absolute atomic E-state index is 11.5. The number of rotatable bonds is 4. The van der Waals surface area contributed by atoms with Gasteiger partial charge in [-0.1, -0.05) is 0 Å². The van der Waals surface area contributed by atoms with Crippen LogP contribution in [0.3, 0.4) is 0 Å². The first-order valence-electron chi connectivity index (χ1n) is 5.81. The van der Waals surface area contributed by atoms with Crippen molar-refractivity contribution in [2.24, 2.45) is 0 Å². The van der Waals surface area contributed by atoms with Crippen molar-refractivity contribution in [1.82, 2.24) is 0 Å². The van der Waals surface area contributed by atoms with Gasteiger partial charge in [-0.3, -0.25) is 0 Å². The zero-order valence-electron chi connectivity index (χ0n) is 11.1. The molecule has 1 unspecified atom stereocenters. The van der Waals surface area contributed by atoms with Crippen molar-refractivity contribution in [3.63, 3.8) is 0 Å². The highest BCUT2D eigenvalue weighted by molar-refractivity contribution is 8.00. The number of thioether (sulfide) groups is 3. The van der Waals surface area contributed by atoms with Gasteiger partial charge in [-0.2, -0.15) is 11.8 Å². The predicted molar refractivity (Wildman–Crippen MR) is 83.3 cm³/mol. The Hall–Kier alpha value is -0.460. The average Bonchev–Trinajstić information content (AvgIpc) is 2.44. The molecule has 1 aromatic rings. The van der Waals surface area contributed by atoms with Crippen LogP contribution in [0.1, 0.15) is 27.6 Å². The Morgan fingerprint density at radius 2 is 2.11 bits per heavy atom. The molecule has 1 aliphatic heterocycles. The fraction of sp³-hybridized carbons (Fsp3) is 0.462. The van der Waals surface area contributed by atoms with Gasteiger partial charge in [0.1, 0.15) is 5.75 Å². The standard InChI is InChI=1S/C13H16O3S3/c1-17-8-4-5-16-11-9(18-2)6-7(13(14)15)12(19-3)10(8)11/h6,8H,4-5H2,1-3H3,(H,14,15). The predicted octanol–water partition coefficient (Wildman–Crippen LogP) is 4.02. The molecule has 1 aliphatic rings. The Morgan fingerprint density at radius 3 is 2.63 bits per heavy atom. The second-order valence-electron chi connectivity index (χ2n) is 4.07. The Bertz CT molecular complexity index is 502. The number of carboxylic acid groups (broad SMARTS) is 1. The first-order valence-corrected chi connectivity index (χ1v) is 9.55. The third kappa shape index (κ3) is 2.71. The summed E-state index contributed by atoms with van der Waals surface area (Å²) < 4.78 is 5.81. The molecule has 104 valence electrons. The smallest absolute Gasteiger partial charge is 0.336 e. The monoisotopic (exact) mass is 316 g/mol. The van der Waals surface area contributed by atoms with Crippen molar-refractivity contribution in [3.05, 3.63) is 17.2 Å². The number of carboxylic acids is 1. The summed E-state index contributed by atoms with van der Waals surface area (Å²) in [4.78, 5) is 13.2. The Balaban J connectivity index is 2.73. The van der Waals surface area contributed by atoms with Crippen LogP contribution in [0.25, 0.3) is 0 Å². The van der Waals surface area contributed by atoms with E-state index < -0.39 is 5.97 Å². The van der Waals surface area contributed by atoms with Crippen molar-refractivity contribution < 1.29 is 14.6 Å². The lowest BCUT2D eigenvalue weighted by molar-refractivity contribution is 0.0692. The topological polar surface area (TPSA) is 46.5 Å². The van der Waals surface area contributed by atoms with E-state index in [2.05, 4.69) is 6.26 Å². The summed E-state index contributed by atoms with van der Waals surface area (Å²) in [6.45, 7) is 0.701. The van der Waals surface area contributed by atoms with Gasteiger partial charge in [0.05, 0.1) is 17.1 Å². The van der Waals surface area contributed by atoms with E-state index in [0.717, 1.165) is 27.5 Å². The number of fused-ring (bicyclic) bond motifs is 1. The van der Waals surface area contributed by atoms with Gasteiger partial charge < -0.3 is 9.84 Å². The molecular formula is C13H16O3S3. The lowest BCUT2D eigenvalue weighted by Crippen LogP contribution is -2.16. The third-order valence-corrected chi connectivity index (χ3v) is 5.75. The maximum atomic E-state index is 11.5. The molecular weight excluding hydrogens is 300 g/mol. The zero-order chi connectivity index (χ0) is 14.0. The lowest BCUT2D eigenvalue weighted by atomic mass is 10.0. The van der Waals surface area contributed by atoms with E-state index in [1.165, 1.54) is 23.5 Å². The molecule has 0 aliphatic carbocycles. The van der Waals surface area contributed by atoms with Crippen LogP contribution in [-0.4, -0.2) is 36.5 Å². The summed E-state index contributed by atoms with van der Waals surface area (Å²) >= 11 is 4.80. The molecule has 0 saturated heterocycles. The fourth-order valence-electron chi connectivity index (χ4n) is 2.26. The average molecular weight is 316 g/mol. The first kappa shape index (κ1) is 14.9. The van der Waals surface area contributed by atoms with Crippen LogP contribution >= 0.6 is 35.3 Å². The summed E-state index contributed by atoms with van der Waals surface area (Å²) in [7, 11) is 0. The number of carbonyl (C=O) groups is 1. The molecule has 0 aromatic heterocycles. The Kier molecular flexibility index (Phi) is 4.97. The Labute approximate surface area is 125 Å². The van der Waals surface area contributed by atoms with Crippen LogP contribution in [0.4, 0.5) is 0 Å². The Morgan fingerprint density at radius 1 is 1.37 bits per heavy atom. The summed E-state index contributed by atoms with van der Waals surface area (Å²) in [6, 6.07) is 1.74. The molecule has 1 aromatic carbocycles. The molecule has 6 heteroatoms. The molecule has 19 heavy (non-hydrogen) atoms. The van der Waals surface area contributed by atoms with E-state index in [-0.39, 0.29) is 0 Å². The quantitative estimate of drug-likeness (QED) is 0.847. The van der Waals surface area contributed by atoms with Crippen molar-refractivity contribution in [3.8, 4) is 5.75 Å². The molecule has 0 amide bonds. The molecule has 0 saturated carbocycles. The molecule has 3 nitrogen and oxygen atoms in total. The van der Waals surface area contributed by atoms with Gasteiger partial charge in [-0.15, -0.1) is 23.5 Å². The molecule has 0 fully saturated rings. The minimum Gasteiger partial charge on any atom is -0.492 e. The fourth-order valence-corrected chi connectivity index (χ4v) is 4.54. The molecule has 1 N–H and O–H groups in total. The molecule has 0 radical (unpaired) electrons. The second kappa shape index (κ2) is 6.33. The molecule has 0 bridgehead atoms. The number of aromatic carboxylic acids is 1. The van der Waals surface area contributed by atoms with Crippen LogP contribution in [0.2, 0.25) is 0 Å². The van der Waals surface area contributed by atoms with Crippen molar-refractivity contribution in [2.75, 3.05) is 25.4 Å². The summed E-state index contributed by atoms with van der Waals surface area (Å²) in [5.74, 6) is 0.0142. The van der Waals surface area contributed by atoms with Crippen molar-refractivity contribution in [1.29, 1.82) is 0 Å². The van der Waals surface area contributed by atoms with Crippen LogP contribution in [-0.2, 0) is 0 Å². The van der Waals surface area contributed by atoms with E-state index in [0.29, 0.717) is 17.4 Å². The molecule has 0 spiro atoms. The van der Waals surface area contributed by atoms with E-state index in [1.54, 1.807) is 17.8 Å². The molecule has 1 heterocycles. The highest BCUT2D eigenvalue weighted by Crippen LogP contribution is 2.49. The van der Waals surface area contributed by atoms with Crippen LogP contribution in [0, 0.1) is 0 Å². The maximum Gasteiger partial charge on any atom is 0.336 e. The van der Waals surface area contributed by atoms with Crippen LogP contribution < -0.4 is 4.74 Å². The number of ether oxygens (including phenoxy) is 1. The van der Waals surface area contributed by atoms with E-state index in [1.807, 2.05) is 12.5 Å². The van der Waals surface area contributed by atoms with Gasteiger partial charge in [0.2, 0.25) is 0 Å². The van der Waals surface area contributed by atoms with E-state index in [9.17, 15) is 9.90 Å². The minimum absolute atomic E-state index is 0.316. The number of hydrogen-bond donors (Lipinski definition) is 1. The summed E-state index contributed by atoms with van der Waals surface area (Å²) in [5.41, 5.74) is 1.45. The number of benzene rings is 1. The summed E-state index contributed by atoms with van der Waals surface area (Å²) in [6.07, 6.45) is 6.87. The third-order valence-electron chi connectivity index (χ3n) is 3.12. The largest absolute Gasteiger partial charge is 0.492 e. The van der Waals surface area contributed by atoms with Crippen LogP contribution in [0.15, 0.2) is 15.9 Å². The highest BCUT2D eigenvalue weighted by atomic mass is 32.2. The highest BCUT2D eigenvalue weighted by Gasteiger charge is 2.30. The SMILES string of the molecule is CSc1cc(C(=O)O)c(SC)c2c1OCCC2SC.